The number of benzene rings is 1. The predicted octanol–water partition coefficient (Wildman–Crippen LogP) is 2.80. The molecule has 0 radical (unpaired) electrons. The molecule has 1 rings (SSSR count). The van der Waals surface area contributed by atoms with E-state index in [4.69, 9.17) is 5.73 Å². The molecule has 78 valence electrons. The van der Waals surface area contributed by atoms with Gasteiger partial charge in [0.25, 0.3) is 0 Å². The minimum Gasteiger partial charge on any atom is -0.328 e. The van der Waals surface area contributed by atoms with Crippen molar-refractivity contribution < 1.29 is 4.39 Å². The molecule has 1 nitrogen and oxygen atoms in total. The Kier molecular flexibility index (Phi) is 4.08. The van der Waals surface area contributed by atoms with Crippen molar-refractivity contribution in [3.8, 4) is 0 Å². The molecule has 0 spiro atoms. The van der Waals surface area contributed by atoms with Gasteiger partial charge in [-0.25, -0.2) is 4.39 Å². The Morgan fingerprint density at radius 3 is 2.64 bits per heavy atom. The fourth-order valence-electron chi connectivity index (χ4n) is 1.51. The molecular weight excluding hydrogens is 177 g/mol. The fraction of sp³-hybridized carbons (Fsp3) is 0.500. The maximum atomic E-state index is 13.0. The van der Waals surface area contributed by atoms with E-state index in [0.717, 1.165) is 30.4 Å². The molecular formula is C12H18FN. The highest BCUT2D eigenvalue weighted by Crippen LogP contribution is 2.11. The van der Waals surface area contributed by atoms with Crippen LogP contribution in [0.2, 0.25) is 0 Å². The molecule has 0 saturated carbocycles. The third-order valence-electron chi connectivity index (χ3n) is 2.43. The van der Waals surface area contributed by atoms with Crippen LogP contribution in [-0.4, -0.2) is 6.04 Å². The normalized spacial score (nSPS) is 12.9. The van der Waals surface area contributed by atoms with Gasteiger partial charge in [-0.15, -0.1) is 0 Å². The third kappa shape index (κ3) is 3.46. The van der Waals surface area contributed by atoms with Crippen LogP contribution in [0.4, 0.5) is 4.39 Å². The first-order valence-corrected chi connectivity index (χ1v) is 5.13. The highest BCUT2D eigenvalue weighted by Gasteiger charge is 2.02. The Balaban J connectivity index is 2.58. The molecule has 2 heteroatoms. The summed E-state index contributed by atoms with van der Waals surface area (Å²) in [7, 11) is 0. The zero-order chi connectivity index (χ0) is 10.6. The third-order valence-corrected chi connectivity index (χ3v) is 2.43. The predicted molar refractivity (Wildman–Crippen MR) is 57.7 cm³/mol. The molecule has 2 N–H and O–H groups in total. The lowest BCUT2D eigenvalue weighted by atomic mass is 10.0. The van der Waals surface area contributed by atoms with Crippen LogP contribution in [0.25, 0.3) is 0 Å². The lowest BCUT2D eigenvalue weighted by Crippen LogP contribution is -2.19. The SMILES string of the molecule is CCC(N)CCc1cc(C)cc(F)c1. The van der Waals surface area contributed by atoms with Crippen LogP contribution in [0.3, 0.4) is 0 Å². The Labute approximate surface area is 85.1 Å². The molecule has 0 amide bonds. The lowest BCUT2D eigenvalue weighted by Gasteiger charge is -2.08. The van der Waals surface area contributed by atoms with Crippen LogP contribution in [0.1, 0.15) is 30.9 Å². The molecule has 0 bridgehead atoms. The van der Waals surface area contributed by atoms with Gasteiger partial charge >= 0.3 is 0 Å². The van der Waals surface area contributed by atoms with Gasteiger partial charge in [-0.05, 0) is 49.4 Å². The first-order chi connectivity index (χ1) is 6.61. The number of nitrogens with two attached hydrogens (primary N) is 1. The smallest absolute Gasteiger partial charge is 0.123 e. The molecule has 1 unspecified atom stereocenters. The van der Waals surface area contributed by atoms with E-state index in [-0.39, 0.29) is 11.9 Å². The van der Waals surface area contributed by atoms with Crippen molar-refractivity contribution in [1.29, 1.82) is 0 Å². The van der Waals surface area contributed by atoms with Crippen LogP contribution in [0.15, 0.2) is 18.2 Å². The minimum atomic E-state index is -0.148. The zero-order valence-corrected chi connectivity index (χ0v) is 8.89. The van der Waals surface area contributed by atoms with E-state index in [9.17, 15) is 4.39 Å². The van der Waals surface area contributed by atoms with Crippen molar-refractivity contribution in [2.45, 2.75) is 39.2 Å². The Bertz CT molecular complexity index is 276. The standard InChI is InChI=1S/C12H18FN/c1-3-12(14)5-4-10-6-9(2)7-11(13)8-10/h6-8,12H,3-5,14H2,1-2H3. The molecule has 0 fully saturated rings. The van der Waals surface area contributed by atoms with Crippen molar-refractivity contribution in [3.05, 3.63) is 35.1 Å². The second kappa shape index (κ2) is 5.11. The van der Waals surface area contributed by atoms with Gasteiger partial charge < -0.3 is 5.73 Å². The van der Waals surface area contributed by atoms with Gasteiger partial charge in [0.05, 0.1) is 0 Å². The first kappa shape index (κ1) is 11.2. The summed E-state index contributed by atoms with van der Waals surface area (Å²) in [5, 5.41) is 0. The summed E-state index contributed by atoms with van der Waals surface area (Å²) in [6, 6.07) is 5.39. The van der Waals surface area contributed by atoms with Crippen molar-refractivity contribution in [2.75, 3.05) is 0 Å². The number of halogens is 1. The van der Waals surface area contributed by atoms with E-state index in [1.807, 2.05) is 13.0 Å². The molecule has 0 aliphatic carbocycles. The zero-order valence-electron chi connectivity index (χ0n) is 8.89. The van der Waals surface area contributed by atoms with Crippen molar-refractivity contribution in [3.63, 3.8) is 0 Å². The van der Waals surface area contributed by atoms with Crippen molar-refractivity contribution >= 4 is 0 Å². The number of hydrogen-bond acceptors (Lipinski definition) is 1. The van der Waals surface area contributed by atoms with E-state index < -0.39 is 0 Å². The number of rotatable bonds is 4. The minimum absolute atomic E-state index is 0.148. The molecule has 1 aromatic rings. The van der Waals surface area contributed by atoms with Crippen molar-refractivity contribution in [1.82, 2.24) is 0 Å². The fourth-order valence-corrected chi connectivity index (χ4v) is 1.51. The van der Waals surface area contributed by atoms with Crippen LogP contribution in [0.5, 0.6) is 0 Å². The maximum absolute atomic E-state index is 13.0. The molecule has 0 saturated heterocycles. The topological polar surface area (TPSA) is 26.0 Å². The largest absolute Gasteiger partial charge is 0.328 e. The summed E-state index contributed by atoms with van der Waals surface area (Å²) in [5.74, 6) is -0.148. The summed E-state index contributed by atoms with van der Waals surface area (Å²) in [5.41, 5.74) is 7.83. The highest BCUT2D eigenvalue weighted by molar-refractivity contribution is 5.23. The van der Waals surface area contributed by atoms with E-state index in [0.29, 0.717) is 0 Å². The van der Waals surface area contributed by atoms with Gasteiger partial charge in [0.1, 0.15) is 5.82 Å². The Morgan fingerprint density at radius 2 is 2.07 bits per heavy atom. The molecule has 14 heavy (non-hydrogen) atoms. The average Bonchev–Trinajstić information content (AvgIpc) is 2.12. The number of hydrogen-bond donors (Lipinski definition) is 1. The average molecular weight is 195 g/mol. The Morgan fingerprint density at radius 1 is 1.36 bits per heavy atom. The van der Waals surface area contributed by atoms with Gasteiger partial charge in [-0.2, -0.15) is 0 Å². The maximum Gasteiger partial charge on any atom is 0.123 e. The summed E-state index contributed by atoms with van der Waals surface area (Å²) >= 11 is 0. The molecule has 1 aromatic carbocycles. The van der Waals surface area contributed by atoms with E-state index in [1.54, 1.807) is 12.1 Å². The summed E-state index contributed by atoms with van der Waals surface area (Å²) < 4.78 is 13.0. The van der Waals surface area contributed by atoms with E-state index in [2.05, 4.69) is 6.92 Å². The van der Waals surface area contributed by atoms with Crippen LogP contribution < -0.4 is 5.73 Å². The number of aryl methyl sites for hydroxylation is 2. The molecule has 0 heterocycles. The second-order valence-electron chi connectivity index (χ2n) is 3.84. The summed E-state index contributed by atoms with van der Waals surface area (Å²) in [6.45, 7) is 3.98. The van der Waals surface area contributed by atoms with Gasteiger partial charge in [-0.3, -0.25) is 0 Å². The Hall–Kier alpha value is -0.890. The van der Waals surface area contributed by atoms with Crippen LogP contribution >= 0.6 is 0 Å². The van der Waals surface area contributed by atoms with Crippen LogP contribution in [-0.2, 0) is 6.42 Å². The monoisotopic (exact) mass is 195 g/mol. The second-order valence-corrected chi connectivity index (χ2v) is 3.84. The van der Waals surface area contributed by atoms with Gasteiger partial charge in [0.2, 0.25) is 0 Å². The van der Waals surface area contributed by atoms with Gasteiger partial charge in [0.15, 0.2) is 0 Å². The van der Waals surface area contributed by atoms with Gasteiger partial charge in [0, 0.05) is 6.04 Å². The summed E-state index contributed by atoms with van der Waals surface area (Å²) in [4.78, 5) is 0. The molecule has 0 aliphatic heterocycles. The quantitative estimate of drug-likeness (QED) is 0.785. The van der Waals surface area contributed by atoms with Crippen molar-refractivity contribution in [2.24, 2.45) is 5.73 Å². The van der Waals surface area contributed by atoms with Gasteiger partial charge in [-0.1, -0.05) is 13.0 Å². The molecule has 0 aromatic heterocycles. The van der Waals surface area contributed by atoms with Crippen LogP contribution in [0, 0.1) is 12.7 Å². The highest BCUT2D eigenvalue weighted by atomic mass is 19.1. The first-order valence-electron chi connectivity index (χ1n) is 5.13. The lowest BCUT2D eigenvalue weighted by molar-refractivity contribution is 0.589. The molecule has 1 atom stereocenters. The summed E-state index contributed by atoms with van der Waals surface area (Å²) in [6.07, 6.45) is 2.78. The molecule has 0 aliphatic rings. The van der Waals surface area contributed by atoms with E-state index >= 15 is 0 Å². The van der Waals surface area contributed by atoms with E-state index in [1.165, 1.54) is 0 Å².